The monoisotopic (exact) mass is 457 g/mol. The molecule has 3 aromatic carbocycles. The largest absolute Gasteiger partial charge is 0.340 e. The van der Waals surface area contributed by atoms with Crippen LogP contribution < -0.4 is 5.48 Å². The summed E-state index contributed by atoms with van der Waals surface area (Å²) in [7, 11) is 0. The fourth-order valence-electron chi connectivity index (χ4n) is 3.76. The maximum Gasteiger partial charge on any atom is 0.222 e. The van der Waals surface area contributed by atoms with E-state index in [1.165, 1.54) is 0 Å². The van der Waals surface area contributed by atoms with E-state index in [1.54, 1.807) is 0 Å². The van der Waals surface area contributed by atoms with Crippen molar-refractivity contribution in [2.45, 2.75) is 11.9 Å². The van der Waals surface area contributed by atoms with Gasteiger partial charge < -0.3 is 9.47 Å². The average Bonchev–Trinajstić information content (AvgIpc) is 3.36. The molecule has 1 fully saturated rings. The fourth-order valence-corrected chi connectivity index (χ4v) is 4.31. The second kappa shape index (κ2) is 7.17. The summed E-state index contributed by atoms with van der Waals surface area (Å²) < 4.78 is 13.3. The Morgan fingerprint density at radius 1 is 0.929 bits per heavy atom. The van der Waals surface area contributed by atoms with Crippen LogP contribution >= 0.6 is 27.5 Å². The molecule has 0 amide bonds. The van der Waals surface area contributed by atoms with Crippen LogP contribution in [0.4, 0.5) is 5.69 Å². The predicted octanol–water partition coefficient (Wildman–Crippen LogP) is 5.80. The number of anilines is 1. The molecule has 5 rings (SSSR count). The number of hydrogen-bond acceptors (Lipinski definition) is 4. The molecule has 0 radical (unpaired) electrons. The lowest BCUT2D eigenvalue weighted by Crippen LogP contribution is -2.28. The van der Waals surface area contributed by atoms with E-state index in [4.69, 9.17) is 25.9 Å². The van der Waals surface area contributed by atoms with Crippen molar-refractivity contribution in [2.75, 3.05) is 18.7 Å². The van der Waals surface area contributed by atoms with Crippen molar-refractivity contribution in [1.29, 1.82) is 0 Å². The molecule has 0 aliphatic carbocycles. The minimum atomic E-state index is -0.940. The molecule has 4 nitrogen and oxygen atoms in total. The van der Waals surface area contributed by atoms with Gasteiger partial charge in [-0.2, -0.15) is 0 Å². The van der Waals surface area contributed by atoms with E-state index in [0.29, 0.717) is 18.2 Å². The number of nitrogens with one attached hydrogen (secondary N) is 1. The van der Waals surface area contributed by atoms with Crippen LogP contribution in [0.3, 0.4) is 0 Å². The van der Waals surface area contributed by atoms with E-state index in [0.717, 1.165) is 32.4 Å². The molecule has 2 heterocycles. The van der Waals surface area contributed by atoms with Gasteiger partial charge in [-0.15, -0.1) is 0 Å². The SMILES string of the molecule is Clc1ccc(C2(c3ccc4c(c3)C(c3cccc(Br)c3)ON4)OCCO2)cc1. The van der Waals surface area contributed by atoms with Gasteiger partial charge in [-0.05, 0) is 42.0 Å². The highest BCUT2D eigenvalue weighted by atomic mass is 79.9. The minimum absolute atomic E-state index is 0.212. The summed E-state index contributed by atoms with van der Waals surface area (Å²) in [6.07, 6.45) is -0.212. The molecule has 142 valence electrons. The number of fused-ring (bicyclic) bond motifs is 1. The predicted molar refractivity (Wildman–Crippen MR) is 111 cm³/mol. The van der Waals surface area contributed by atoms with Crippen molar-refractivity contribution in [1.82, 2.24) is 0 Å². The summed E-state index contributed by atoms with van der Waals surface area (Å²) >= 11 is 9.61. The van der Waals surface area contributed by atoms with Crippen molar-refractivity contribution in [2.24, 2.45) is 0 Å². The molecule has 0 spiro atoms. The molecule has 3 aromatic rings. The third-order valence-electron chi connectivity index (χ3n) is 5.07. The Hall–Kier alpha value is -1.89. The topological polar surface area (TPSA) is 39.7 Å². The Kier molecular flexibility index (Phi) is 4.65. The van der Waals surface area contributed by atoms with Crippen LogP contribution in [0.1, 0.15) is 28.4 Å². The van der Waals surface area contributed by atoms with E-state index in [1.807, 2.05) is 48.5 Å². The van der Waals surface area contributed by atoms with Crippen LogP contribution in [0.2, 0.25) is 5.02 Å². The zero-order valence-electron chi connectivity index (χ0n) is 14.8. The third kappa shape index (κ3) is 3.04. The number of rotatable bonds is 3. The molecule has 0 saturated carbocycles. The maximum atomic E-state index is 6.14. The number of halogens is 2. The fraction of sp³-hybridized carbons (Fsp3) is 0.182. The van der Waals surface area contributed by atoms with Gasteiger partial charge in [0.25, 0.3) is 0 Å². The highest BCUT2D eigenvalue weighted by Gasteiger charge is 2.42. The molecule has 1 N–H and O–H groups in total. The Morgan fingerprint density at radius 2 is 1.68 bits per heavy atom. The molecule has 28 heavy (non-hydrogen) atoms. The smallest absolute Gasteiger partial charge is 0.222 e. The highest BCUT2D eigenvalue weighted by molar-refractivity contribution is 9.10. The molecular weight excluding hydrogens is 442 g/mol. The van der Waals surface area contributed by atoms with Crippen LogP contribution in [0.15, 0.2) is 71.2 Å². The molecule has 6 heteroatoms. The van der Waals surface area contributed by atoms with Gasteiger partial charge in [0.2, 0.25) is 5.79 Å². The lowest BCUT2D eigenvalue weighted by molar-refractivity contribution is -0.129. The first-order chi connectivity index (χ1) is 13.7. The summed E-state index contributed by atoms with van der Waals surface area (Å²) in [4.78, 5) is 5.87. The van der Waals surface area contributed by atoms with Crippen molar-refractivity contribution in [3.05, 3.63) is 98.5 Å². The maximum absolute atomic E-state index is 6.14. The molecule has 0 bridgehead atoms. The zero-order chi connectivity index (χ0) is 19.1. The first-order valence-corrected chi connectivity index (χ1v) is 10.2. The van der Waals surface area contributed by atoms with Gasteiger partial charge in [0.05, 0.1) is 18.9 Å². The number of benzene rings is 3. The summed E-state index contributed by atoms with van der Waals surface area (Å²) in [6, 6.07) is 21.8. The van der Waals surface area contributed by atoms with Crippen LogP contribution in [0.25, 0.3) is 0 Å². The lowest BCUT2D eigenvalue weighted by Gasteiger charge is -2.29. The van der Waals surface area contributed by atoms with Gasteiger partial charge in [-0.1, -0.05) is 57.9 Å². The first kappa shape index (κ1) is 18.2. The first-order valence-electron chi connectivity index (χ1n) is 9.01. The Bertz CT molecular complexity index is 1020. The molecule has 2 aliphatic heterocycles. The third-order valence-corrected chi connectivity index (χ3v) is 5.82. The van der Waals surface area contributed by atoms with Crippen molar-refractivity contribution >= 4 is 33.2 Å². The Balaban J connectivity index is 1.60. The Labute approximate surface area is 176 Å². The standard InChI is InChI=1S/C22H17BrClNO3/c23-17-3-1-2-14(12-17)21-19-13-16(6-9-20(19)25-28-21)22(26-10-11-27-22)15-4-7-18(24)8-5-15/h1-9,12-13,21,25H,10-11H2. The second-order valence-electron chi connectivity index (χ2n) is 6.78. The summed E-state index contributed by atoms with van der Waals surface area (Å²) in [5, 5.41) is 0.679. The van der Waals surface area contributed by atoms with E-state index >= 15 is 0 Å². The second-order valence-corrected chi connectivity index (χ2v) is 8.13. The Morgan fingerprint density at radius 3 is 2.43 bits per heavy atom. The molecule has 1 unspecified atom stereocenters. The van der Waals surface area contributed by atoms with Crippen molar-refractivity contribution in [3.8, 4) is 0 Å². The minimum Gasteiger partial charge on any atom is -0.340 e. The van der Waals surface area contributed by atoms with Crippen LogP contribution in [-0.2, 0) is 20.1 Å². The molecule has 0 aromatic heterocycles. The van der Waals surface area contributed by atoms with Crippen molar-refractivity contribution in [3.63, 3.8) is 0 Å². The van der Waals surface area contributed by atoms with Gasteiger partial charge in [0.1, 0.15) is 6.10 Å². The average molecular weight is 459 g/mol. The van der Waals surface area contributed by atoms with E-state index in [9.17, 15) is 0 Å². The van der Waals surface area contributed by atoms with Crippen LogP contribution in [0.5, 0.6) is 0 Å². The van der Waals surface area contributed by atoms with Gasteiger partial charge in [0, 0.05) is 26.2 Å². The van der Waals surface area contributed by atoms with E-state index in [2.05, 4.69) is 39.6 Å². The lowest BCUT2D eigenvalue weighted by atomic mass is 9.92. The number of hydrogen-bond donors (Lipinski definition) is 1. The van der Waals surface area contributed by atoms with Gasteiger partial charge in [-0.25, -0.2) is 0 Å². The normalized spacial score (nSPS) is 20.0. The summed E-state index contributed by atoms with van der Waals surface area (Å²) in [6.45, 7) is 1.06. The van der Waals surface area contributed by atoms with Gasteiger partial charge in [0.15, 0.2) is 0 Å². The van der Waals surface area contributed by atoms with E-state index in [-0.39, 0.29) is 6.10 Å². The van der Waals surface area contributed by atoms with Gasteiger partial charge >= 0.3 is 0 Å². The van der Waals surface area contributed by atoms with Crippen LogP contribution in [0, 0.1) is 0 Å². The molecule has 2 aliphatic rings. The van der Waals surface area contributed by atoms with Crippen LogP contribution in [-0.4, -0.2) is 13.2 Å². The molecular formula is C22H17BrClNO3. The molecule has 1 atom stereocenters. The summed E-state index contributed by atoms with van der Waals surface area (Å²) in [5.41, 5.74) is 7.93. The quantitative estimate of drug-likeness (QED) is 0.539. The zero-order valence-corrected chi connectivity index (χ0v) is 17.2. The summed E-state index contributed by atoms with van der Waals surface area (Å²) in [5.74, 6) is -0.940. The van der Waals surface area contributed by atoms with Crippen molar-refractivity contribution < 1.29 is 14.3 Å². The van der Waals surface area contributed by atoms with Gasteiger partial charge in [-0.3, -0.25) is 10.3 Å². The molecule has 1 saturated heterocycles. The number of ether oxygens (including phenoxy) is 2. The van der Waals surface area contributed by atoms with E-state index < -0.39 is 5.79 Å². The highest BCUT2D eigenvalue weighted by Crippen LogP contribution is 2.44.